The van der Waals surface area contributed by atoms with Crippen LogP contribution in [-0.2, 0) is 6.54 Å². The number of hydrogen-bond acceptors (Lipinski definition) is 3. The molecular weight excluding hydrogens is 296 g/mol. The first-order valence-electron chi connectivity index (χ1n) is 5.94. The quantitative estimate of drug-likeness (QED) is 0.862. The highest BCUT2D eigenvalue weighted by molar-refractivity contribution is 9.10. The molecule has 0 fully saturated rings. The van der Waals surface area contributed by atoms with E-state index < -0.39 is 0 Å². The molecule has 0 aliphatic rings. The molecule has 1 aromatic rings. The van der Waals surface area contributed by atoms with Gasteiger partial charge in [-0.3, -0.25) is 0 Å². The van der Waals surface area contributed by atoms with Gasteiger partial charge in [0.2, 0.25) is 0 Å². The smallest absolute Gasteiger partial charge is 0.0325 e. The van der Waals surface area contributed by atoms with Gasteiger partial charge in [-0.05, 0) is 48.4 Å². The summed E-state index contributed by atoms with van der Waals surface area (Å²) in [6.45, 7) is 8.99. The minimum absolute atomic E-state index is 0.276. The lowest BCUT2D eigenvalue weighted by molar-refractivity contribution is 0.165. The van der Waals surface area contributed by atoms with Gasteiger partial charge in [0.1, 0.15) is 0 Å². The molecule has 1 aromatic heterocycles. The Kier molecular flexibility index (Phi) is 5.64. The van der Waals surface area contributed by atoms with Crippen LogP contribution in [0.4, 0.5) is 0 Å². The molecule has 0 aliphatic carbocycles. The zero-order chi connectivity index (χ0) is 13.1. The van der Waals surface area contributed by atoms with Crippen molar-refractivity contribution >= 4 is 27.3 Å². The summed E-state index contributed by atoms with van der Waals surface area (Å²) in [7, 11) is 4.22. The van der Waals surface area contributed by atoms with Gasteiger partial charge in [-0.15, -0.1) is 11.3 Å². The molecule has 4 heteroatoms. The molecule has 17 heavy (non-hydrogen) atoms. The fourth-order valence-electron chi connectivity index (χ4n) is 1.98. The van der Waals surface area contributed by atoms with E-state index >= 15 is 0 Å². The van der Waals surface area contributed by atoms with E-state index in [1.54, 1.807) is 0 Å². The highest BCUT2D eigenvalue weighted by Gasteiger charge is 2.26. The van der Waals surface area contributed by atoms with Crippen LogP contribution in [0.1, 0.15) is 25.6 Å². The summed E-state index contributed by atoms with van der Waals surface area (Å²) in [4.78, 5) is 3.80. The lowest BCUT2D eigenvalue weighted by Crippen LogP contribution is -2.44. The summed E-state index contributed by atoms with van der Waals surface area (Å²) >= 11 is 5.31. The Hall–Kier alpha value is 0.1000. The second-order valence-electron chi connectivity index (χ2n) is 5.40. The molecule has 0 saturated carbocycles. The zero-order valence-corrected chi connectivity index (χ0v) is 13.8. The summed E-state index contributed by atoms with van der Waals surface area (Å²) in [6, 6.07) is 2.72. The molecule has 0 spiro atoms. The van der Waals surface area contributed by atoms with E-state index in [1.807, 2.05) is 18.4 Å². The molecule has 1 rings (SSSR count). The van der Waals surface area contributed by atoms with E-state index in [4.69, 9.17) is 0 Å². The second-order valence-corrected chi connectivity index (χ2v) is 7.31. The molecule has 98 valence electrons. The van der Waals surface area contributed by atoms with Crippen LogP contribution in [0.15, 0.2) is 15.9 Å². The van der Waals surface area contributed by atoms with E-state index in [-0.39, 0.29) is 5.41 Å². The normalized spacial score (nSPS) is 14.3. The van der Waals surface area contributed by atoms with Gasteiger partial charge >= 0.3 is 0 Å². The lowest BCUT2D eigenvalue weighted by atomic mass is 9.85. The molecule has 1 heterocycles. The minimum atomic E-state index is 0.276. The van der Waals surface area contributed by atoms with Crippen molar-refractivity contribution in [2.45, 2.75) is 33.4 Å². The third-order valence-corrected chi connectivity index (χ3v) is 5.01. The summed E-state index contributed by atoms with van der Waals surface area (Å²) in [5.74, 6) is 0. The largest absolute Gasteiger partial charge is 0.317 e. The highest BCUT2D eigenvalue weighted by atomic mass is 79.9. The van der Waals surface area contributed by atoms with Crippen LogP contribution < -0.4 is 5.32 Å². The van der Waals surface area contributed by atoms with Crippen molar-refractivity contribution in [1.82, 2.24) is 10.2 Å². The fraction of sp³-hybridized carbons (Fsp3) is 0.692. The van der Waals surface area contributed by atoms with Crippen LogP contribution in [0.3, 0.4) is 0 Å². The molecule has 0 bridgehead atoms. The van der Waals surface area contributed by atoms with E-state index in [9.17, 15) is 0 Å². The van der Waals surface area contributed by atoms with Gasteiger partial charge in [0.25, 0.3) is 0 Å². The maximum Gasteiger partial charge on any atom is 0.0325 e. The van der Waals surface area contributed by atoms with Crippen molar-refractivity contribution in [2.75, 3.05) is 20.6 Å². The number of hydrogen-bond donors (Lipinski definition) is 1. The number of thiophene rings is 1. The van der Waals surface area contributed by atoms with E-state index in [1.165, 1.54) is 9.35 Å². The monoisotopic (exact) mass is 318 g/mol. The summed E-state index contributed by atoms with van der Waals surface area (Å²) in [5.41, 5.74) is 0.276. The molecule has 0 aromatic carbocycles. The number of nitrogens with one attached hydrogen (secondary N) is 1. The first-order valence-corrected chi connectivity index (χ1v) is 7.61. The molecule has 0 radical (unpaired) electrons. The first-order chi connectivity index (χ1) is 7.85. The molecule has 1 atom stereocenters. The zero-order valence-electron chi connectivity index (χ0n) is 11.4. The van der Waals surface area contributed by atoms with E-state index in [2.05, 4.69) is 65.4 Å². The van der Waals surface area contributed by atoms with Crippen LogP contribution in [-0.4, -0.2) is 31.6 Å². The van der Waals surface area contributed by atoms with Gasteiger partial charge in [-0.2, -0.15) is 0 Å². The van der Waals surface area contributed by atoms with Crippen molar-refractivity contribution in [1.29, 1.82) is 0 Å². The van der Waals surface area contributed by atoms with Crippen molar-refractivity contribution < 1.29 is 0 Å². The summed E-state index contributed by atoms with van der Waals surface area (Å²) in [6.07, 6.45) is 0. The van der Waals surface area contributed by atoms with Crippen molar-refractivity contribution in [3.05, 3.63) is 20.8 Å². The topological polar surface area (TPSA) is 15.3 Å². The maximum atomic E-state index is 3.50. The average Bonchev–Trinajstić information content (AvgIpc) is 2.61. The predicted octanol–water partition coefficient (Wildman–Crippen LogP) is 3.58. The Labute approximate surface area is 118 Å². The number of rotatable bonds is 6. The Morgan fingerprint density at radius 2 is 2.18 bits per heavy atom. The highest BCUT2D eigenvalue weighted by Crippen LogP contribution is 2.24. The number of nitrogens with zero attached hydrogens (tertiary/aromatic N) is 1. The minimum Gasteiger partial charge on any atom is -0.317 e. The predicted molar refractivity (Wildman–Crippen MR) is 80.7 cm³/mol. The average molecular weight is 319 g/mol. The van der Waals surface area contributed by atoms with Gasteiger partial charge in [0.15, 0.2) is 0 Å². The Morgan fingerprint density at radius 3 is 2.65 bits per heavy atom. The molecule has 0 saturated heterocycles. The molecule has 0 amide bonds. The standard InChI is InChI=1S/C13H23BrN2S/c1-10(15-4)13(2,3)9-16(5)7-12-6-11(14)8-17-12/h6,8,10,15H,7,9H2,1-5H3. The Bertz CT molecular complexity index is 349. The lowest BCUT2D eigenvalue weighted by Gasteiger charge is -2.35. The van der Waals surface area contributed by atoms with Crippen LogP contribution >= 0.6 is 27.3 Å². The van der Waals surface area contributed by atoms with Gasteiger partial charge in [0.05, 0.1) is 0 Å². The summed E-state index contributed by atoms with van der Waals surface area (Å²) < 4.78 is 1.19. The van der Waals surface area contributed by atoms with E-state index in [0.717, 1.165) is 13.1 Å². The molecule has 1 N–H and O–H groups in total. The second kappa shape index (κ2) is 6.32. The SMILES string of the molecule is CNC(C)C(C)(C)CN(C)Cc1cc(Br)cs1. The van der Waals surface area contributed by atoms with Crippen LogP contribution in [0, 0.1) is 5.41 Å². The molecule has 1 unspecified atom stereocenters. The van der Waals surface area contributed by atoms with Gasteiger partial charge < -0.3 is 10.2 Å². The Balaban J connectivity index is 2.51. The van der Waals surface area contributed by atoms with Gasteiger partial charge in [-0.1, -0.05) is 13.8 Å². The van der Waals surface area contributed by atoms with Crippen molar-refractivity contribution in [2.24, 2.45) is 5.41 Å². The van der Waals surface area contributed by atoms with E-state index in [0.29, 0.717) is 6.04 Å². The fourth-order valence-corrected chi connectivity index (χ4v) is 3.51. The molecular formula is C13H23BrN2S. The van der Waals surface area contributed by atoms with Gasteiger partial charge in [0, 0.05) is 33.9 Å². The third kappa shape index (κ3) is 4.70. The van der Waals surface area contributed by atoms with Crippen LogP contribution in [0.2, 0.25) is 0 Å². The van der Waals surface area contributed by atoms with Gasteiger partial charge in [-0.25, -0.2) is 0 Å². The first kappa shape index (κ1) is 15.2. The van der Waals surface area contributed by atoms with Crippen molar-refractivity contribution in [3.63, 3.8) is 0 Å². The molecule has 2 nitrogen and oxygen atoms in total. The summed E-state index contributed by atoms with van der Waals surface area (Å²) in [5, 5.41) is 5.49. The number of halogens is 1. The third-order valence-electron chi connectivity index (χ3n) is 3.33. The maximum absolute atomic E-state index is 3.50. The van der Waals surface area contributed by atoms with Crippen LogP contribution in [0.25, 0.3) is 0 Å². The van der Waals surface area contributed by atoms with Crippen LogP contribution in [0.5, 0.6) is 0 Å². The Morgan fingerprint density at radius 1 is 1.53 bits per heavy atom. The van der Waals surface area contributed by atoms with Crippen molar-refractivity contribution in [3.8, 4) is 0 Å². The molecule has 0 aliphatic heterocycles.